The largest absolute Gasteiger partial charge is 0.421 e. The van der Waals surface area contributed by atoms with Gasteiger partial charge in [-0.2, -0.15) is 0 Å². The standard InChI is InChI=1S/C16H14ClNO3/c1-2-15(19)18-13-8-3-4-9-14(13)21-16(20)11-6-5-7-12(17)10-11/h3-10H,2H2,1H3,(H,18,19). The molecule has 0 fully saturated rings. The summed E-state index contributed by atoms with van der Waals surface area (Å²) in [7, 11) is 0. The molecule has 1 amide bonds. The molecule has 0 aliphatic carbocycles. The molecule has 0 heterocycles. The summed E-state index contributed by atoms with van der Waals surface area (Å²) in [5.74, 6) is -0.388. The van der Waals surface area contributed by atoms with Crippen LogP contribution in [0.5, 0.6) is 5.75 Å². The number of anilines is 1. The lowest BCUT2D eigenvalue weighted by molar-refractivity contribution is -0.115. The van der Waals surface area contributed by atoms with Crippen LogP contribution in [0.3, 0.4) is 0 Å². The number of hydrogen-bond acceptors (Lipinski definition) is 3. The zero-order chi connectivity index (χ0) is 15.2. The SMILES string of the molecule is CCC(=O)Nc1ccccc1OC(=O)c1cccc(Cl)c1. The molecule has 2 rings (SSSR count). The summed E-state index contributed by atoms with van der Waals surface area (Å²) < 4.78 is 5.32. The summed E-state index contributed by atoms with van der Waals surface area (Å²) in [6.45, 7) is 1.75. The van der Waals surface area contributed by atoms with E-state index >= 15 is 0 Å². The maximum absolute atomic E-state index is 12.1. The molecule has 0 radical (unpaired) electrons. The molecule has 0 atom stereocenters. The number of carbonyl (C=O) groups excluding carboxylic acids is 2. The summed E-state index contributed by atoms with van der Waals surface area (Å²) in [6, 6.07) is 13.3. The van der Waals surface area contributed by atoms with E-state index in [0.717, 1.165) is 0 Å². The first kappa shape index (κ1) is 15.1. The molecule has 1 N–H and O–H groups in total. The van der Waals surface area contributed by atoms with Crippen molar-refractivity contribution in [2.75, 3.05) is 5.32 Å². The number of esters is 1. The maximum Gasteiger partial charge on any atom is 0.343 e. The number of hydrogen-bond donors (Lipinski definition) is 1. The highest BCUT2D eigenvalue weighted by Gasteiger charge is 2.12. The Hall–Kier alpha value is -2.33. The number of rotatable bonds is 4. The fourth-order valence-electron chi connectivity index (χ4n) is 1.67. The van der Waals surface area contributed by atoms with Crippen molar-refractivity contribution in [3.05, 3.63) is 59.1 Å². The number of carbonyl (C=O) groups is 2. The fourth-order valence-corrected chi connectivity index (χ4v) is 1.86. The third-order valence-electron chi connectivity index (χ3n) is 2.75. The van der Waals surface area contributed by atoms with Gasteiger partial charge in [0.2, 0.25) is 5.91 Å². The summed E-state index contributed by atoms with van der Waals surface area (Å²) in [6.07, 6.45) is 0.344. The minimum atomic E-state index is -0.532. The average Bonchev–Trinajstić information content (AvgIpc) is 2.49. The lowest BCUT2D eigenvalue weighted by Gasteiger charge is -2.10. The highest BCUT2D eigenvalue weighted by molar-refractivity contribution is 6.30. The van der Waals surface area contributed by atoms with Gasteiger partial charge in [-0.15, -0.1) is 0 Å². The fraction of sp³-hybridized carbons (Fsp3) is 0.125. The van der Waals surface area contributed by atoms with Gasteiger partial charge in [0.05, 0.1) is 11.3 Å². The van der Waals surface area contributed by atoms with Gasteiger partial charge in [0, 0.05) is 11.4 Å². The molecule has 0 saturated heterocycles. The lowest BCUT2D eigenvalue weighted by atomic mass is 10.2. The van der Waals surface area contributed by atoms with Crippen LogP contribution < -0.4 is 10.1 Å². The van der Waals surface area contributed by atoms with Gasteiger partial charge in [-0.3, -0.25) is 4.79 Å². The van der Waals surface area contributed by atoms with Crippen molar-refractivity contribution >= 4 is 29.2 Å². The molecule has 108 valence electrons. The Morgan fingerprint density at radius 1 is 1.14 bits per heavy atom. The number of halogens is 1. The highest BCUT2D eigenvalue weighted by Crippen LogP contribution is 2.25. The average molecular weight is 304 g/mol. The number of ether oxygens (including phenoxy) is 1. The number of amides is 1. The van der Waals surface area contributed by atoms with Crippen molar-refractivity contribution in [1.82, 2.24) is 0 Å². The molecular weight excluding hydrogens is 290 g/mol. The van der Waals surface area contributed by atoms with Crippen LogP contribution in [0.4, 0.5) is 5.69 Å². The minimum Gasteiger partial charge on any atom is -0.421 e. The molecule has 0 spiro atoms. The highest BCUT2D eigenvalue weighted by atomic mass is 35.5. The second-order valence-corrected chi connectivity index (χ2v) is 4.73. The summed E-state index contributed by atoms with van der Waals surface area (Å²) >= 11 is 5.85. The monoisotopic (exact) mass is 303 g/mol. The van der Waals surface area contributed by atoms with Crippen LogP contribution in [0.1, 0.15) is 23.7 Å². The van der Waals surface area contributed by atoms with Crippen LogP contribution in [0, 0.1) is 0 Å². The Labute approximate surface area is 127 Å². The second-order valence-electron chi connectivity index (χ2n) is 4.30. The van der Waals surface area contributed by atoms with Crippen molar-refractivity contribution in [2.45, 2.75) is 13.3 Å². The van der Waals surface area contributed by atoms with Gasteiger partial charge in [-0.05, 0) is 30.3 Å². The van der Waals surface area contributed by atoms with Crippen LogP contribution >= 0.6 is 11.6 Å². The number of benzene rings is 2. The summed E-state index contributed by atoms with van der Waals surface area (Å²) in [5, 5.41) is 3.14. The van der Waals surface area contributed by atoms with E-state index in [1.165, 1.54) is 6.07 Å². The second kappa shape index (κ2) is 6.90. The molecule has 0 unspecified atom stereocenters. The van der Waals surface area contributed by atoms with E-state index in [4.69, 9.17) is 16.3 Å². The first-order valence-corrected chi connectivity index (χ1v) is 6.84. The lowest BCUT2D eigenvalue weighted by Crippen LogP contribution is -2.13. The molecule has 0 bridgehead atoms. The Balaban J connectivity index is 2.19. The molecule has 21 heavy (non-hydrogen) atoms. The van der Waals surface area contributed by atoms with Gasteiger partial charge < -0.3 is 10.1 Å². The summed E-state index contributed by atoms with van der Waals surface area (Å²) in [4.78, 5) is 23.5. The van der Waals surface area contributed by atoms with Crippen LogP contribution in [0.15, 0.2) is 48.5 Å². The quantitative estimate of drug-likeness (QED) is 0.688. The molecule has 0 aliphatic rings. The van der Waals surface area contributed by atoms with Gasteiger partial charge in [0.1, 0.15) is 0 Å². The normalized spacial score (nSPS) is 10.0. The van der Waals surface area contributed by atoms with Gasteiger partial charge >= 0.3 is 5.97 Å². The van der Waals surface area contributed by atoms with E-state index in [1.54, 1.807) is 49.4 Å². The predicted octanol–water partition coefficient (Wildman–Crippen LogP) is 3.91. The molecule has 0 saturated carbocycles. The van der Waals surface area contributed by atoms with E-state index in [9.17, 15) is 9.59 Å². The zero-order valence-electron chi connectivity index (χ0n) is 11.4. The third-order valence-corrected chi connectivity index (χ3v) is 2.98. The van der Waals surface area contributed by atoms with E-state index in [0.29, 0.717) is 28.4 Å². The Bertz CT molecular complexity index is 670. The van der Waals surface area contributed by atoms with Gasteiger partial charge in [0.15, 0.2) is 5.75 Å². The van der Waals surface area contributed by atoms with Crippen molar-refractivity contribution in [3.63, 3.8) is 0 Å². The molecule has 4 nitrogen and oxygen atoms in total. The molecule has 2 aromatic carbocycles. The zero-order valence-corrected chi connectivity index (χ0v) is 12.2. The Morgan fingerprint density at radius 2 is 1.90 bits per heavy atom. The molecule has 0 aromatic heterocycles. The number of para-hydroxylation sites is 2. The van der Waals surface area contributed by atoms with Crippen LogP contribution in [-0.4, -0.2) is 11.9 Å². The van der Waals surface area contributed by atoms with Crippen molar-refractivity contribution in [1.29, 1.82) is 0 Å². The van der Waals surface area contributed by atoms with Crippen molar-refractivity contribution in [2.24, 2.45) is 0 Å². The topological polar surface area (TPSA) is 55.4 Å². The van der Waals surface area contributed by atoms with Crippen molar-refractivity contribution in [3.8, 4) is 5.75 Å². The third kappa shape index (κ3) is 4.07. The summed E-state index contributed by atoms with van der Waals surface area (Å²) in [5.41, 5.74) is 0.804. The predicted molar refractivity (Wildman–Crippen MR) is 81.8 cm³/mol. The molecule has 0 aliphatic heterocycles. The minimum absolute atomic E-state index is 0.152. The smallest absolute Gasteiger partial charge is 0.343 e. The van der Waals surface area contributed by atoms with E-state index in [-0.39, 0.29) is 5.91 Å². The molecule has 2 aromatic rings. The van der Waals surface area contributed by atoms with Gasteiger partial charge in [-0.1, -0.05) is 36.7 Å². The maximum atomic E-state index is 12.1. The van der Waals surface area contributed by atoms with Crippen molar-refractivity contribution < 1.29 is 14.3 Å². The Morgan fingerprint density at radius 3 is 2.62 bits per heavy atom. The van der Waals surface area contributed by atoms with E-state index < -0.39 is 5.97 Å². The first-order valence-electron chi connectivity index (χ1n) is 6.46. The first-order chi connectivity index (χ1) is 10.1. The molecular formula is C16H14ClNO3. The number of nitrogens with one attached hydrogen (secondary N) is 1. The Kier molecular flexibility index (Phi) is 4.95. The van der Waals surface area contributed by atoms with Gasteiger partial charge in [0.25, 0.3) is 0 Å². The van der Waals surface area contributed by atoms with Crippen LogP contribution in [-0.2, 0) is 4.79 Å². The van der Waals surface area contributed by atoms with E-state index in [2.05, 4.69) is 5.32 Å². The molecule has 5 heteroatoms. The van der Waals surface area contributed by atoms with Crippen LogP contribution in [0.2, 0.25) is 5.02 Å². The van der Waals surface area contributed by atoms with E-state index in [1.807, 2.05) is 0 Å². The van der Waals surface area contributed by atoms with Crippen LogP contribution in [0.25, 0.3) is 0 Å². The van der Waals surface area contributed by atoms with Gasteiger partial charge in [-0.25, -0.2) is 4.79 Å².